The van der Waals surface area contributed by atoms with E-state index in [0.29, 0.717) is 49.7 Å². The lowest BCUT2D eigenvalue weighted by Gasteiger charge is -2.59. The lowest BCUT2D eigenvalue weighted by molar-refractivity contribution is -0.151. The van der Waals surface area contributed by atoms with Crippen LogP contribution < -0.4 is 15.8 Å². The molecule has 3 N–H and O–H groups in total. The molecule has 8 heteroatoms. The first-order chi connectivity index (χ1) is 15.5. The van der Waals surface area contributed by atoms with E-state index in [1.807, 2.05) is 18.2 Å². The summed E-state index contributed by atoms with van der Waals surface area (Å²) in [5, 5.41) is 3.29. The van der Waals surface area contributed by atoms with Crippen molar-refractivity contribution in [3.05, 3.63) is 29.8 Å². The van der Waals surface area contributed by atoms with E-state index in [0.717, 1.165) is 37.7 Å². The zero-order chi connectivity index (χ0) is 22.3. The van der Waals surface area contributed by atoms with Gasteiger partial charge in [0, 0.05) is 36.7 Å². The second-order valence-corrected chi connectivity index (χ2v) is 10.1. The molecule has 1 aromatic rings. The highest BCUT2D eigenvalue weighted by molar-refractivity contribution is 5.83. The standard InChI is InChI=1S/C24H32FN3O4/c25-14-32-19-4-2-1-3-16(19)12-28-5-6-31-20(13-28)22(29)27-21-17-7-15-8-18(21)11-24(9-15,10-17)23(26)30/h1-4,15,17-18,20-21H,5-14H2,(H2,26,30)(H,27,29)/t15?,17?,18?,20-,21?,24?/m1/s1. The van der Waals surface area contributed by atoms with E-state index < -0.39 is 13.0 Å². The summed E-state index contributed by atoms with van der Waals surface area (Å²) in [6.45, 7) is 1.35. The first kappa shape index (κ1) is 21.6. The summed E-state index contributed by atoms with van der Waals surface area (Å²) in [5.41, 5.74) is 6.32. The third-order valence-corrected chi connectivity index (χ3v) is 8.12. The van der Waals surface area contributed by atoms with Crippen LogP contribution in [0.3, 0.4) is 0 Å². The Bertz CT molecular complexity index is 865. The molecule has 0 aromatic heterocycles. The number of alkyl halides is 1. The van der Waals surface area contributed by atoms with Crippen molar-refractivity contribution in [1.29, 1.82) is 0 Å². The summed E-state index contributed by atoms with van der Waals surface area (Å²) in [7, 11) is 0. The molecule has 0 spiro atoms. The van der Waals surface area contributed by atoms with Gasteiger partial charge >= 0.3 is 0 Å². The lowest BCUT2D eigenvalue weighted by atomic mass is 9.47. The normalized spacial score (nSPS) is 36.1. The molecule has 3 atom stereocenters. The second kappa shape index (κ2) is 8.63. The highest BCUT2D eigenvalue weighted by atomic mass is 19.1. The van der Waals surface area contributed by atoms with Gasteiger partial charge in [0.05, 0.1) is 6.61 Å². The summed E-state index contributed by atoms with van der Waals surface area (Å²) in [6.07, 6.45) is 4.11. The van der Waals surface area contributed by atoms with Crippen LogP contribution in [0.25, 0.3) is 0 Å². The number of carbonyl (C=O) groups is 2. The molecule has 5 fully saturated rings. The number of benzene rings is 1. The third kappa shape index (κ3) is 3.99. The number of ether oxygens (including phenoxy) is 2. The quantitative estimate of drug-likeness (QED) is 0.670. The Kier molecular flexibility index (Phi) is 5.84. The molecule has 5 aliphatic rings. The predicted molar refractivity (Wildman–Crippen MR) is 115 cm³/mol. The molecular weight excluding hydrogens is 413 g/mol. The summed E-state index contributed by atoms with van der Waals surface area (Å²) in [6, 6.07) is 7.49. The first-order valence-electron chi connectivity index (χ1n) is 11.7. The number of hydrogen-bond donors (Lipinski definition) is 2. The van der Waals surface area contributed by atoms with Gasteiger partial charge in [0.1, 0.15) is 11.9 Å². The van der Waals surface area contributed by atoms with Crippen LogP contribution in [0.5, 0.6) is 5.75 Å². The minimum absolute atomic E-state index is 0.0754. The minimum Gasteiger partial charge on any atom is -0.463 e. The number of para-hydroxylation sites is 1. The third-order valence-electron chi connectivity index (χ3n) is 8.12. The molecule has 4 aliphatic carbocycles. The van der Waals surface area contributed by atoms with Crippen molar-refractivity contribution in [3.63, 3.8) is 0 Å². The van der Waals surface area contributed by atoms with Crippen molar-refractivity contribution >= 4 is 11.8 Å². The molecule has 4 saturated carbocycles. The molecule has 174 valence electrons. The Morgan fingerprint density at radius 2 is 1.97 bits per heavy atom. The molecule has 4 bridgehead atoms. The zero-order valence-corrected chi connectivity index (χ0v) is 18.3. The van der Waals surface area contributed by atoms with Crippen LogP contribution in [0.4, 0.5) is 4.39 Å². The van der Waals surface area contributed by atoms with E-state index >= 15 is 0 Å². The van der Waals surface area contributed by atoms with Crippen LogP contribution in [0, 0.1) is 23.2 Å². The SMILES string of the molecule is NC(=O)C12CC3CC(C1)C(NC(=O)[C@H]1CN(Cc4ccccc4OCF)CCO1)C(C3)C2. The molecule has 2 unspecified atom stereocenters. The van der Waals surface area contributed by atoms with Crippen LogP contribution >= 0.6 is 0 Å². The van der Waals surface area contributed by atoms with Gasteiger partial charge in [-0.05, 0) is 55.9 Å². The van der Waals surface area contributed by atoms with Gasteiger partial charge in [-0.2, -0.15) is 0 Å². The van der Waals surface area contributed by atoms with Gasteiger partial charge in [-0.15, -0.1) is 0 Å². The van der Waals surface area contributed by atoms with Gasteiger partial charge in [0.15, 0.2) is 0 Å². The number of amides is 2. The van der Waals surface area contributed by atoms with Crippen LogP contribution in [-0.4, -0.2) is 55.4 Å². The topological polar surface area (TPSA) is 93.9 Å². The molecule has 1 aromatic carbocycles. The van der Waals surface area contributed by atoms with E-state index in [2.05, 4.69) is 10.2 Å². The Morgan fingerprint density at radius 3 is 2.69 bits per heavy atom. The van der Waals surface area contributed by atoms with E-state index in [9.17, 15) is 14.0 Å². The number of rotatable bonds is 7. The van der Waals surface area contributed by atoms with Gasteiger partial charge < -0.3 is 20.5 Å². The number of carbonyl (C=O) groups excluding carboxylic acids is 2. The maximum absolute atomic E-state index is 13.1. The number of primary amides is 1. The number of nitrogens with one attached hydrogen (secondary N) is 1. The van der Waals surface area contributed by atoms with Crippen molar-refractivity contribution in [1.82, 2.24) is 10.2 Å². The van der Waals surface area contributed by atoms with E-state index in [4.69, 9.17) is 15.2 Å². The first-order valence-corrected chi connectivity index (χ1v) is 11.7. The van der Waals surface area contributed by atoms with Crippen molar-refractivity contribution < 1.29 is 23.5 Å². The fourth-order valence-electron chi connectivity index (χ4n) is 6.90. The highest BCUT2D eigenvalue weighted by Crippen LogP contribution is 2.59. The van der Waals surface area contributed by atoms with Crippen molar-refractivity contribution in [3.8, 4) is 5.75 Å². The van der Waals surface area contributed by atoms with Crippen molar-refractivity contribution in [2.75, 3.05) is 26.6 Å². The second-order valence-electron chi connectivity index (χ2n) is 10.1. The molecule has 2 amide bonds. The predicted octanol–water partition coefficient (Wildman–Crippen LogP) is 1.99. The minimum atomic E-state index is -0.868. The summed E-state index contributed by atoms with van der Waals surface area (Å²) in [5.74, 6) is 1.49. The van der Waals surface area contributed by atoms with E-state index in [1.54, 1.807) is 6.07 Å². The van der Waals surface area contributed by atoms with Gasteiger partial charge in [-0.1, -0.05) is 18.2 Å². The smallest absolute Gasteiger partial charge is 0.250 e. The van der Waals surface area contributed by atoms with Crippen LogP contribution in [-0.2, 0) is 20.9 Å². The monoisotopic (exact) mass is 445 g/mol. The Morgan fingerprint density at radius 1 is 1.22 bits per heavy atom. The number of nitrogens with two attached hydrogens (primary N) is 1. The molecule has 32 heavy (non-hydrogen) atoms. The van der Waals surface area contributed by atoms with Crippen LogP contribution in [0.1, 0.15) is 37.7 Å². The zero-order valence-electron chi connectivity index (χ0n) is 18.3. The number of morpholine rings is 1. The molecule has 1 saturated heterocycles. The Labute approximate surface area is 187 Å². The maximum Gasteiger partial charge on any atom is 0.250 e. The highest BCUT2D eigenvalue weighted by Gasteiger charge is 2.58. The molecule has 1 aliphatic heterocycles. The lowest BCUT2D eigenvalue weighted by Crippen LogP contribution is -2.63. The van der Waals surface area contributed by atoms with Crippen LogP contribution in [0.2, 0.25) is 0 Å². The largest absolute Gasteiger partial charge is 0.463 e. The van der Waals surface area contributed by atoms with E-state index in [1.165, 1.54) is 0 Å². The van der Waals surface area contributed by atoms with Crippen molar-refractivity contribution in [2.24, 2.45) is 28.9 Å². The van der Waals surface area contributed by atoms with Gasteiger partial charge in [-0.25, -0.2) is 4.39 Å². The molecule has 1 heterocycles. The summed E-state index contributed by atoms with van der Waals surface area (Å²) in [4.78, 5) is 27.4. The average Bonchev–Trinajstić information content (AvgIpc) is 2.77. The van der Waals surface area contributed by atoms with Gasteiger partial charge in [0.25, 0.3) is 5.91 Å². The molecule has 6 rings (SSSR count). The Balaban J connectivity index is 1.21. The van der Waals surface area contributed by atoms with E-state index in [-0.39, 0.29) is 23.3 Å². The average molecular weight is 446 g/mol. The molecular formula is C24H32FN3O4. The summed E-state index contributed by atoms with van der Waals surface area (Å²) >= 11 is 0. The fourth-order valence-corrected chi connectivity index (χ4v) is 6.90. The van der Waals surface area contributed by atoms with Gasteiger partial charge in [0.2, 0.25) is 12.8 Å². The Hall–Kier alpha value is -2.19. The molecule has 0 radical (unpaired) electrons. The van der Waals surface area contributed by atoms with Crippen LogP contribution in [0.15, 0.2) is 24.3 Å². The molecule has 7 nitrogen and oxygen atoms in total. The fraction of sp³-hybridized carbons (Fsp3) is 0.667. The van der Waals surface area contributed by atoms with Gasteiger partial charge in [-0.3, -0.25) is 14.5 Å². The number of hydrogen-bond acceptors (Lipinski definition) is 5. The summed E-state index contributed by atoms with van der Waals surface area (Å²) < 4.78 is 23.6. The number of halogens is 1. The van der Waals surface area contributed by atoms with Crippen molar-refractivity contribution in [2.45, 2.75) is 50.8 Å². The maximum atomic E-state index is 13.1. The number of nitrogens with zero attached hydrogens (tertiary/aromatic N) is 1.